The zero-order chi connectivity index (χ0) is 15.2. The number of hydrogen-bond acceptors (Lipinski definition) is 3. The number of hydrogen-bond donors (Lipinski definition) is 2. The number of halogens is 3. The van der Waals surface area contributed by atoms with E-state index in [0.29, 0.717) is 19.3 Å². The minimum absolute atomic E-state index is 0.0108. The van der Waals surface area contributed by atoms with Crippen molar-refractivity contribution in [3.8, 4) is 0 Å². The van der Waals surface area contributed by atoms with Crippen molar-refractivity contribution in [2.45, 2.75) is 31.9 Å². The van der Waals surface area contributed by atoms with Crippen LogP contribution in [0.1, 0.15) is 25.7 Å². The second kappa shape index (κ2) is 7.47. The summed E-state index contributed by atoms with van der Waals surface area (Å²) in [5.41, 5.74) is 0. The van der Waals surface area contributed by atoms with Gasteiger partial charge in [-0.3, -0.25) is 9.59 Å². The molecule has 0 saturated heterocycles. The molecule has 0 bridgehead atoms. The van der Waals surface area contributed by atoms with Gasteiger partial charge in [-0.25, -0.2) is 0 Å². The van der Waals surface area contributed by atoms with Crippen molar-refractivity contribution < 1.29 is 32.6 Å². The van der Waals surface area contributed by atoms with E-state index in [-0.39, 0.29) is 31.4 Å². The molecule has 2 N–H and O–H groups in total. The molecule has 116 valence electrons. The summed E-state index contributed by atoms with van der Waals surface area (Å²) in [5.74, 6) is -2.11. The van der Waals surface area contributed by atoms with Gasteiger partial charge < -0.3 is 15.2 Å². The van der Waals surface area contributed by atoms with Gasteiger partial charge in [0.1, 0.15) is 6.61 Å². The predicted octanol–water partition coefficient (Wildman–Crippen LogP) is 1.57. The summed E-state index contributed by atoms with van der Waals surface area (Å²) in [6.45, 7) is -1.57. The molecule has 1 fully saturated rings. The summed E-state index contributed by atoms with van der Waals surface area (Å²) in [4.78, 5) is 22.6. The molecule has 2 unspecified atom stereocenters. The van der Waals surface area contributed by atoms with Crippen LogP contribution in [0.3, 0.4) is 0 Å². The van der Waals surface area contributed by atoms with E-state index in [2.05, 4.69) is 10.1 Å². The Morgan fingerprint density at radius 3 is 2.50 bits per heavy atom. The van der Waals surface area contributed by atoms with Crippen molar-refractivity contribution in [2.75, 3.05) is 19.8 Å². The van der Waals surface area contributed by atoms with Gasteiger partial charge in [0.15, 0.2) is 0 Å². The second-order valence-corrected chi connectivity index (χ2v) is 4.86. The van der Waals surface area contributed by atoms with Crippen LogP contribution in [0.15, 0.2) is 0 Å². The van der Waals surface area contributed by atoms with Crippen LogP contribution in [0, 0.1) is 11.8 Å². The molecule has 0 aromatic heterocycles. The van der Waals surface area contributed by atoms with Gasteiger partial charge in [0.05, 0.1) is 12.5 Å². The zero-order valence-electron chi connectivity index (χ0n) is 10.9. The van der Waals surface area contributed by atoms with E-state index in [1.165, 1.54) is 0 Å². The molecule has 1 saturated carbocycles. The van der Waals surface area contributed by atoms with Crippen molar-refractivity contribution in [2.24, 2.45) is 11.8 Å². The highest BCUT2D eigenvalue weighted by Gasteiger charge is 2.31. The number of carboxylic acids is 1. The SMILES string of the molecule is O=C(O)C1CCCC(C(=O)NCCOCC(F)(F)F)C1. The maximum Gasteiger partial charge on any atom is 0.411 e. The Hall–Kier alpha value is -1.31. The number of carbonyl (C=O) groups is 2. The Balaban J connectivity index is 2.20. The van der Waals surface area contributed by atoms with Crippen LogP contribution in [0.2, 0.25) is 0 Å². The lowest BCUT2D eigenvalue weighted by Gasteiger charge is -2.25. The Labute approximate surface area is 114 Å². The van der Waals surface area contributed by atoms with Crippen LogP contribution in [-0.2, 0) is 14.3 Å². The highest BCUT2D eigenvalue weighted by Crippen LogP contribution is 2.29. The average molecular weight is 297 g/mol. The van der Waals surface area contributed by atoms with Gasteiger partial charge in [0.2, 0.25) is 5.91 Å². The number of alkyl halides is 3. The number of aliphatic carboxylic acids is 1. The molecule has 0 aliphatic heterocycles. The minimum Gasteiger partial charge on any atom is -0.481 e. The van der Waals surface area contributed by atoms with Gasteiger partial charge in [-0.05, 0) is 19.3 Å². The topological polar surface area (TPSA) is 75.6 Å². The monoisotopic (exact) mass is 297 g/mol. The molecule has 20 heavy (non-hydrogen) atoms. The third-order valence-corrected chi connectivity index (χ3v) is 3.21. The van der Waals surface area contributed by atoms with Gasteiger partial charge in [-0.2, -0.15) is 13.2 Å². The maximum atomic E-state index is 11.8. The molecular formula is C12H18F3NO4. The third kappa shape index (κ3) is 6.23. The lowest BCUT2D eigenvalue weighted by atomic mass is 9.81. The van der Waals surface area contributed by atoms with E-state index < -0.39 is 24.7 Å². The smallest absolute Gasteiger partial charge is 0.411 e. The molecular weight excluding hydrogens is 279 g/mol. The summed E-state index contributed by atoms with van der Waals surface area (Å²) in [7, 11) is 0. The summed E-state index contributed by atoms with van der Waals surface area (Å²) in [5, 5.41) is 11.4. The fraction of sp³-hybridized carbons (Fsp3) is 0.833. The third-order valence-electron chi connectivity index (χ3n) is 3.21. The van der Waals surface area contributed by atoms with E-state index >= 15 is 0 Å². The molecule has 0 spiro atoms. The number of nitrogens with one attached hydrogen (secondary N) is 1. The Morgan fingerprint density at radius 1 is 1.25 bits per heavy atom. The molecule has 8 heteroatoms. The molecule has 0 radical (unpaired) electrons. The van der Waals surface area contributed by atoms with Crippen molar-refractivity contribution in [1.82, 2.24) is 5.32 Å². The Kier molecular flexibility index (Phi) is 6.25. The van der Waals surface area contributed by atoms with E-state index in [1.807, 2.05) is 0 Å². The van der Waals surface area contributed by atoms with Crippen LogP contribution in [0.4, 0.5) is 13.2 Å². The summed E-state index contributed by atoms with van der Waals surface area (Å²) < 4.78 is 39.7. The van der Waals surface area contributed by atoms with Gasteiger partial charge in [0, 0.05) is 12.5 Å². The zero-order valence-corrected chi connectivity index (χ0v) is 10.9. The summed E-state index contributed by atoms with van der Waals surface area (Å²) in [6.07, 6.45) is -2.25. The molecule has 0 aromatic rings. The molecule has 1 rings (SSSR count). The predicted molar refractivity (Wildman–Crippen MR) is 63.0 cm³/mol. The standard InChI is InChI=1S/C12H18F3NO4/c13-12(14,15)7-20-5-4-16-10(17)8-2-1-3-9(6-8)11(18)19/h8-9H,1-7H2,(H,16,17)(H,18,19). The highest BCUT2D eigenvalue weighted by molar-refractivity contribution is 5.80. The van der Waals surface area contributed by atoms with E-state index in [1.54, 1.807) is 0 Å². The van der Waals surface area contributed by atoms with Gasteiger partial charge in [0.25, 0.3) is 0 Å². The summed E-state index contributed by atoms with van der Waals surface area (Å²) in [6, 6.07) is 0. The van der Waals surface area contributed by atoms with E-state index in [9.17, 15) is 22.8 Å². The Morgan fingerprint density at radius 2 is 1.90 bits per heavy atom. The van der Waals surface area contributed by atoms with Crippen molar-refractivity contribution in [3.63, 3.8) is 0 Å². The first-order valence-electron chi connectivity index (χ1n) is 6.44. The number of amides is 1. The average Bonchev–Trinajstić information content (AvgIpc) is 2.37. The van der Waals surface area contributed by atoms with Gasteiger partial charge >= 0.3 is 12.1 Å². The van der Waals surface area contributed by atoms with Gasteiger partial charge in [-0.1, -0.05) is 6.42 Å². The van der Waals surface area contributed by atoms with Gasteiger partial charge in [-0.15, -0.1) is 0 Å². The van der Waals surface area contributed by atoms with Crippen LogP contribution in [-0.4, -0.2) is 42.9 Å². The normalized spacial score (nSPS) is 23.4. The molecule has 1 amide bonds. The van der Waals surface area contributed by atoms with Crippen molar-refractivity contribution in [3.05, 3.63) is 0 Å². The highest BCUT2D eigenvalue weighted by atomic mass is 19.4. The minimum atomic E-state index is -4.37. The van der Waals surface area contributed by atoms with Crippen molar-refractivity contribution >= 4 is 11.9 Å². The van der Waals surface area contributed by atoms with E-state index in [4.69, 9.17) is 5.11 Å². The molecule has 0 aromatic carbocycles. The molecule has 1 aliphatic carbocycles. The molecule has 5 nitrogen and oxygen atoms in total. The summed E-state index contributed by atoms with van der Waals surface area (Å²) >= 11 is 0. The fourth-order valence-electron chi connectivity index (χ4n) is 2.23. The fourth-order valence-corrected chi connectivity index (χ4v) is 2.23. The van der Waals surface area contributed by atoms with Crippen LogP contribution in [0.25, 0.3) is 0 Å². The number of carboxylic acid groups (broad SMARTS) is 1. The van der Waals surface area contributed by atoms with Crippen molar-refractivity contribution in [1.29, 1.82) is 0 Å². The largest absolute Gasteiger partial charge is 0.481 e. The number of ether oxygens (including phenoxy) is 1. The second-order valence-electron chi connectivity index (χ2n) is 4.86. The maximum absolute atomic E-state index is 11.8. The number of carbonyl (C=O) groups excluding carboxylic acids is 1. The lowest BCUT2D eigenvalue weighted by Crippen LogP contribution is -2.37. The first-order chi connectivity index (χ1) is 9.29. The molecule has 2 atom stereocenters. The van der Waals surface area contributed by atoms with Crippen LogP contribution >= 0.6 is 0 Å². The quantitative estimate of drug-likeness (QED) is 0.730. The van der Waals surface area contributed by atoms with E-state index in [0.717, 1.165) is 0 Å². The van der Waals surface area contributed by atoms with Crippen LogP contribution in [0.5, 0.6) is 0 Å². The molecule has 1 aliphatic rings. The first-order valence-corrected chi connectivity index (χ1v) is 6.44. The first kappa shape index (κ1) is 16.7. The number of rotatable bonds is 6. The molecule has 0 heterocycles. The lowest BCUT2D eigenvalue weighted by molar-refractivity contribution is -0.173. The van der Waals surface area contributed by atoms with Crippen LogP contribution < -0.4 is 5.32 Å². The Bertz CT molecular complexity index is 346.